The molecule has 2 nitrogen and oxygen atoms in total. The molecule has 1 rings (SSSR count). The Morgan fingerprint density at radius 2 is 1.89 bits per heavy atom. The largest absolute Gasteiger partial charge is 0.496 e. The Morgan fingerprint density at radius 1 is 1.22 bits per heavy atom. The van der Waals surface area contributed by atoms with Crippen molar-refractivity contribution in [1.29, 1.82) is 0 Å². The van der Waals surface area contributed by atoms with Gasteiger partial charge in [-0.2, -0.15) is 0 Å². The molecule has 0 saturated carbocycles. The van der Waals surface area contributed by atoms with E-state index in [-0.39, 0.29) is 11.9 Å². The van der Waals surface area contributed by atoms with Gasteiger partial charge in [-0.05, 0) is 37.4 Å². The lowest BCUT2D eigenvalue weighted by molar-refractivity contribution is 0.360. The molecule has 0 radical (unpaired) electrons. The molecule has 0 bridgehead atoms. The zero-order chi connectivity index (χ0) is 13.7. The van der Waals surface area contributed by atoms with Crippen molar-refractivity contribution in [2.45, 2.75) is 33.7 Å². The van der Waals surface area contributed by atoms with Crippen LogP contribution in [0.15, 0.2) is 18.2 Å². The molecule has 0 saturated heterocycles. The van der Waals surface area contributed by atoms with Crippen molar-refractivity contribution < 1.29 is 9.13 Å². The molecule has 0 fully saturated rings. The van der Waals surface area contributed by atoms with E-state index in [0.717, 1.165) is 6.54 Å². The third-order valence-corrected chi connectivity index (χ3v) is 3.55. The van der Waals surface area contributed by atoms with Crippen molar-refractivity contribution >= 4 is 0 Å². The van der Waals surface area contributed by atoms with Gasteiger partial charge in [0.2, 0.25) is 0 Å². The molecule has 0 aromatic heterocycles. The minimum absolute atomic E-state index is 0.0534. The summed E-state index contributed by atoms with van der Waals surface area (Å²) >= 11 is 0. The van der Waals surface area contributed by atoms with Gasteiger partial charge in [-0.3, -0.25) is 0 Å². The van der Waals surface area contributed by atoms with Crippen LogP contribution in [-0.4, -0.2) is 13.7 Å². The van der Waals surface area contributed by atoms with Gasteiger partial charge in [0.1, 0.15) is 11.6 Å². The van der Waals surface area contributed by atoms with Crippen molar-refractivity contribution in [2.75, 3.05) is 13.7 Å². The molecular formula is C15H24FNO. The van der Waals surface area contributed by atoms with Gasteiger partial charge in [0.05, 0.1) is 7.11 Å². The third-order valence-electron chi connectivity index (χ3n) is 3.55. The number of halogens is 1. The SMILES string of the molecule is COc1cccc(F)c1C(C)NCC(C)C(C)C. The van der Waals surface area contributed by atoms with E-state index in [1.54, 1.807) is 19.2 Å². The summed E-state index contributed by atoms with van der Waals surface area (Å²) in [6.07, 6.45) is 0. The Kier molecular flexibility index (Phi) is 5.60. The van der Waals surface area contributed by atoms with Gasteiger partial charge in [-0.25, -0.2) is 4.39 Å². The molecule has 0 heterocycles. The van der Waals surface area contributed by atoms with E-state index >= 15 is 0 Å². The molecule has 102 valence electrons. The molecule has 0 amide bonds. The predicted molar refractivity (Wildman–Crippen MR) is 73.4 cm³/mol. The lowest BCUT2D eigenvalue weighted by Gasteiger charge is -2.22. The monoisotopic (exact) mass is 253 g/mol. The smallest absolute Gasteiger partial charge is 0.131 e. The van der Waals surface area contributed by atoms with Crippen LogP contribution < -0.4 is 10.1 Å². The molecule has 0 aliphatic rings. The third kappa shape index (κ3) is 3.70. The minimum Gasteiger partial charge on any atom is -0.496 e. The second-order valence-corrected chi connectivity index (χ2v) is 5.21. The van der Waals surface area contributed by atoms with Crippen LogP contribution in [0.1, 0.15) is 39.3 Å². The van der Waals surface area contributed by atoms with Crippen molar-refractivity contribution in [3.05, 3.63) is 29.6 Å². The zero-order valence-electron chi connectivity index (χ0n) is 12.0. The van der Waals surface area contributed by atoms with Crippen LogP contribution >= 0.6 is 0 Å². The maximum absolute atomic E-state index is 13.9. The highest BCUT2D eigenvalue weighted by Gasteiger charge is 2.17. The molecule has 0 aliphatic carbocycles. The lowest BCUT2D eigenvalue weighted by Crippen LogP contribution is -2.27. The van der Waals surface area contributed by atoms with E-state index < -0.39 is 0 Å². The highest BCUT2D eigenvalue weighted by molar-refractivity contribution is 5.36. The Balaban J connectivity index is 2.75. The Hall–Kier alpha value is -1.09. The van der Waals surface area contributed by atoms with Gasteiger partial charge in [0.25, 0.3) is 0 Å². The van der Waals surface area contributed by atoms with Crippen molar-refractivity contribution in [3.8, 4) is 5.75 Å². The first-order valence-electron chi connectivity index (χ1n) is 6.53. The molecule has 2 atom stereocenters. The summed E-state index contributed by atoms with van der Waals surface area (Å²) in [7, 11) is 1.57. The number of benzene rings is 1. The second kappa shape index (κ2) is 6.74. The van der Waals surface area contributed by atoms with E-state index in [1.165, 1.54) is 6.07 Å². The fourth-order valence-electron chi connectivity index (χ4n) is 1.82. The summed E-state index contributed by atoms with van der Waals surface area (Å²) in [5.74, 6) is 1.57. The van der Waals surface area contributed by atoms with Crippen LogP contribution in [0, 0.1) is 17.7 Å². The van der Waals surface area contributed by atoms with Crippen LogP contribution in [0.25, 0.3) is 0 Å². The standard InChI is InChI=1S/C15H24FNO/c1-10(2)11(3)9-17-12(4)15-13(16)7-6-8-14(15)18-5/h6-8,10-12,17H,9H2,1-5H3. The first-order chi connectivity index (χ1) is 8.47. The Bertz CT molecular complexity index is 379. The summed E-state index contributed by atoms with van der Waals surface area (Å²) < 4.78 is 19.1. The normalized spacial score (nSPS) is 14.6. The van der Waals surface area contributed by atoms with Gasteiger partial charge in [0.15, 0.2) is 0 Å². The van der Waals surface area contributed by atoms with Crippen LogP contribution in [-0.2, 0) is 0 Å². The molecule has 1 aromatic rings. The number of methoxy groups -OCH3 is 1. The van der Waals surface area contributed by atoms with Crippen LogP contribution in [0.3, 0.4) is 0 Å². The summed E-state index contributed by atoms with van der Waals surface area (Å²) in [6.45, 7) is 9.43. The quantitative estimate of drug-likeness (QED) is 0.833. The first-order valence-corrected chi connectivity index (χ1v) is 6.53. The zero-order valence-corrected chi connectivity index (χ0v) is 12.0. The van der Waals surface area contributed by atoms with Gasteiger partial charge in [-0.1, -0.05) is 26.8 Å². The fourth-order valence-corrected chi connectivity index (χ4v) is 1.82. The van der Waals surface area contributed by atoms with Crippen LogP contribution in [0.2, 0.25) is 0 Å². The maximum atomic E-state index is 13.9. The molecule has 0 aliphatic heterocycles. The minimum atomic E-state index is -0.216. The van der Waals surface area contributed by atoms with Crippen LogP contribution in [0.4, 0.5) is 4.39 Å². The molecule has 0 spiro atoms. The number of hydrogen-bond acceptors (Lipinski definition) is 2. The predicted octanol–water partition coefficient (Wildman–Crippen LogP) is 3.78. The van der Waals surface area contributed by atoms with E-state index in [1.807, 2.05) is 6.92 Å². The second-order valence-electron chi connectivity index (χ2n) is 5.21. The topological polar surface area (TPSA) is 21.3 Å². The van der Waals surface area contributed by atoms with Gasteiger partial charge in [-0.15, -0.1) is 0 Å². The Morgan fingerprint density at radius 3 is 2.44 bits per heavy atom. The summed E-state index contributed by atoms with van der Waals surface area (Å²) in [5, 5.41) is 3.38. The van der Waals surface area contributed by atoms with Gasteiger partial charge < -0.3 is 10.1 Å². The van der Waals surface area contributed by atoms with Crippen LogP contribution in [0.5, 0.6) is 5.75 Å². The molecule has 3 heteroatoms. The van der Waals surface area contributed by atoms with E-state index in [2.05, 4.69) is 26.1 Å². The molecule has 18 heavy (non-hydrogen) atoms. The average molecular weight is 253 g/mol. The Labute approximate surface area is 110 Å². The molecule has 2 unspecified atom stereocenters. The summed E-state index contributed by atoms with van der Waals surface area (Å²) in [5.41, 5.74) is 0.607. The average Bonchev–Trinajstić information content (AvgIpc) is 2.34. The molecular weight excluding hydrogens is 229 g/mol. The summed E-state index contributed by atoms with van der Waals surface area (Å²) in [6, 6.07) is 4.88. The highest BCUT2D eigenvalue weighted by Crippen LogP contribution is 2.27. The number of hydrogen-bond donors (Lipinski definition) is 1. The molecule has 1 aromatic carbocycles. The van der Waals surface area contributed by atoms with Crippen molar-refractivity contribution in [2.24, 2.45) is 11.8 Å². The van der Waals surface area contributed by atoms with E-state index in [9.17, 15) is 4.39 Å². The maximum Gasteiger partial charge on any atom is 0.131 e. The number of nitrogens with one attached hydrogen (secondary N) is 1. The number of ether oxygens (including phenoxy) is 1. The van der Waals surface area contributed by atoms with E-state index in [4.69, 9.17) is 4.74 Å². The highest BCUT2D eigenvalue weighted by atomic mass is 19.1. The van der Waals surface area contributed by atoms with Gasteiger partial charge in [0, 0.05) is 11.6 Å². The number of rotatable bonds is 6. The first kappa shape index (κ1) is 15.0. The molecule has 1 N–H and O–H groups in total. The fraction of sp³-hybridized carbons (Fsp3) is 0.600. The lowest BCUT2D eigenvalue weighted by atomic mass is 9.97. The van der Waals surface area contributed by atoms with E-state index in [0.29, 0.717) is 23.1 Å². The van der Waals surface area contributed by atoms with Crippen molar-refractivity contribution in [1.82, 2.24) is 5.32 Å². The summed E-state index contributed by atoms with van der Waals surface area (Å²) in [4.78, 5) is 0. The van der Waals surface area contributed by atoms with Crippen molar-refractivity contribution in [3.63, 3.8) is 0 Å². The van der Waals surface area contributed by atoms with Gasteiger partial charge >= 0.3 is 0 Å².